The number of piperazine rings is 1. The van der Waals surface area contributed by atoms with Crippen LogP contribution in [-0.2, 0) is 24.2 Å². The van der Waals surface area contributed by atoms with Crippen molar-refractivity contribution in [3.05, 3.63) is 65.2 Å². The average molecular weight is 352 g/mol. The van der Waals surface area contributed by atoms with Crippen molar-refractivity contribution in [1.82, 2.24) is 9.80 Å². The summed E-state index contributed by atoms with van der Waals surface area (Å²) >= 11 is 0. The van der Waals surface area contributed by atoms with Crippen molar-refractivity contribution < 1.29 is 9.90 Å². The number of nitrogens with zero attached hydrogens (tertiary/aromatic N) is 2. The average Bonchev–Trinajstić information content (AvgIpc) is 2.67. The summed E-state index contributed by atoms with van der Waals surface area (Å²) in [6.07, 6.45) is 2.25. The number of hydrogen-bond donors (Lipinski definition) is 1. The zero-order chi connectivity index (χ0) is 18.4. The van der Waals surface area contributed by atoms with Crippen LogP contribution in [-0.4, -0.2) is 47.0 Å². The largest absolute Gasteiger partial charge is 0.508 e. The van der Waals surface area contributed by atoms with Gasteiger partial charge in [-0.2, -0.15) is 0 Å². The normalized spacial score (nSPS) is 15.2. The van der Waals surface area contributed by atoms with Crippen LogP contribution < -0.4 is 0 Å². The predicted molar refractivity (Wildman–Crippen MR) is 104 cm³/mol. The van der Waals surface area contributed by atoms with Crippen molar-refractivity contribution in [1.29, 1.82) is 0 Å². The third-order valence-electron chi connectivity index (χ3n) is 5.10. The van der Waals surface area contributed by atoms with Crippen molar-refractivity contribution >= 4 is 5.91 Å². The molecule has 0 unspecified atom stereocenters. The lowest BCUT2D eigenvalue weighted by Gasteiger charge is -2.35. The van der Waals surface area contributed by atoms with Gasteiger partial charge in [0.2, 0.25) is 5.91 Å². The van der Waals surface area contributed by atoms with Gasteiger partial charge >= 0.3 is 0 Å². The minimum atomic E-state index is 0.209. The fourth-order valence-corrected chi connectivity index (χ4v) is 3.42. The highest BCUT2D eigenvalue weighted by molar-refractivity contribution is 5.76. The van der Waals surface area contributed by atoms with Crippen LogP contribution in [0.3, 0.4) is 0 Å². The summed E-state index contributed by atoms with van der Waals surface area (Å²) < 4.78 is 0. The Hall–Kier alpha value is -2.33. The van der Waals surface area contributed by atoms with E-state index in [0.717, 1.165) is 44.7 Å². The molecule has 1 fully saturated rings. The number of aryl methyl sites for hydroxylation is 2. The number of carbonyl (C=O) groups excluding carboxylic acids is 1. The maximum Gasteiger partial charge on any atom is 0.222 e. The minimum absolute atomic E-state index is 0.209. The van der Waals surface area contributed by atoms with Crippen LogP contribution in [0.5, 0.6) is 5.75 Å². The van der Waals surface area contributed by atoms with Gasteiger partial charge in [0.15, 0.2) is 0 Å². The molecule has 1 aliphatic rings. The molecule has 26 heavy (non-hydrogen) atoms. The number of amides is 1. The van der Waals surface area contributed by atoms with E-state index in [0.29, 0.717) is 12.8 Å². The summed E-state index contributed by atoms with van der Waals surface area (Å²) in [6.45, 7) is 6.57. The standard InChI is InChI=1S/C22H28N2O2/c1-2-18-6-8-20(9-7-18)17-23-12-14-24(15-13-23)22(26)11-10-19-4-3-5-21(25)16-19/h3-9,16,25H,2,10-15,17H2,1H3. The van der Waals surface area contributed by atoms with E-state index in [1.807, 2.05) is 17.0 Å². The predicted octanol–water partition coefficient (Wildman–Crippen LogP) is 3.23. The molecule has 0 aliphatic carbocycles. The number of hydrogen-bond acceptors (Lipinski definition) is 3. The highest BCUT2D eigenvalue weighted by Crippen LogP contribution is 2.14. The van der Waals surface area contributed by atoms with E-state index in [2.05, 4.69) is 36.1 Å². The third kappa shape index (κ3) is 5.09. The van der Waals surface area contributed by atoms with Crippen molar-refractivity contribution in [3.63, 3.8) is 0 Å². The van der Waals surface area contributed by atoms with Gasteiger partial charge in [-0.25, -0.2) is 0 Å². The van der Waals surface area contributed by atoms with Crippen molar-refractivity contribution in [2.45, 2.75) is 32.7 Å². The molecule has 0 saturated carbocycles. The molecule has 4 heteroatoms. The molecule has 2 aromatic rings. The van der Waals surface area contributed by atoms with E-state index in [1.165, 1.54) is 11.1 Å². The molecule has 0 radical (unpaired) electrons. The van der Waals surface area contributed by atoms with E-state index >= 15 is 0 Å². The zero-order valence-corrected chi connectivity index (χ0v) is 15.5. The Morgan fingerprint density at radius 1 is 0.962 bits per heavy atom. The van der Waals surface area contributed by atoms with Gasteiger partial charge in [0.1, 0.15) is 5.75 Å². The van der Waals surface area contributed by atoms with E-state index in [9.17, 15) is 9.90 Å². The molecule has 1 amide bonds. The van der Waals surface area contributed by atoms with Gasteiger partial charge in [0, 0.05) is 39.1 Å². The number of phenols is 1. The molecule has 0 spiro atoms. The number of aromatic hydroxyl groups is 1. The zero-order valence-electron chi connectivity index (χ0n) is 15.5. The van der Waals surface area contributed by atoms with Crippen LogP contribution in [0.2, 0.25) is 0 Å². The quantitative estimate of drug-likeness (QED) is 0.868. The lowest BCUT2D eigenvalue weighted by molar-refractivity contribution is -0.133. The topological polar surface area (TPSA) is 43.8 Å². The maximum atomic E-state index is 12.4. The molecule has 2 aromatic carbocycles. The lowest BCUT2D eigenvalue weighted by Crippen LogP contribution is -2.48. The van der Waals surface area contributed by atoms with Gasteiger partial charge in [-0.1, -0.05) is 43.3 Å². The molecule has 1 heterocycles. The molecular formula is C22H28N2O2. The summed E-state index contributed by atoms with van der Waals surface area (Å²) in [5.74, 6) is 0.468. The molecule has 1 aliphatic heterocycles. The van der Waals surface area contributed by atoms with Crippen LogP contribution in [0, 0.1) is 0 Å². The Balaban J connectivity index is 1.43. The monoisotopic (exact) mass is 352 g/mol. The summed E-state index contributed by atoms with van der Waals surface area (Å²) in [4.78, 5) is 16.8. The first-order chi connectivity index (χ1) is 12.6. The molecule has 1 saturated heterocycles. The van der Waals surface area contributed by atoms with E-state index < -0.39 is 0 Å². The fourth-order valence-electron chi connectivity index (χ4n) is 3.42. The summed E-state index contributed by atoms with van der Waals surface area (Å²) in [5.41, 5.74) is 3.72. The first-order valence-corrected chi connectivity index (χ1v) is 9.50. The van der Waals surface area contributed by atoms with E-state index in [4.69, 9.17) is 0 Å². The van der Waals surface area contributed by atoms with E-state index in [-0.39, 0.29) is 11.7 Å². The van der Waals surface area contributed by atoms with Crippen molar-refractivity contribution in [3.8, 4) is 5.75 Å². The molecule has 0 atom stereocenters. The Labute approximate surface area is 156 Å². The summed E-state index contributed by atoms with van der Waals surface area (Å²) in [6, 6.07) is 16.0. The van der Waals surface area contributed by atoms with Gasteiger partial charge < -0.3 is 10.0 Å². The highest BCUT2D eigenvalue weighted by Gasteiger charge is 2.20. The van der Waals surface area contributed by atoms with Crippen LogP contribution in [0.4, 0.5) is 0 Å². The summed E-state index contributed by atoms with van der Waals surface area (Å²) in [7, 11) is 0. The molecular weight excluding hydrogens is 324 g/mol. The number of phenolic OH excluding ortho intramolecular Hbond substituents is 1. The van der Waals surface area contributed by atoms with Crippen LogP contribution in [0.15, 0.2) is 48.5 Å². The Morgan fingerprint density at radius 3 is 2.31 bits per heavy atom. The van der Waals surface area contributed by atoms with Gasteiger partial charge in [-0.3, -0.25) is 9.69 Å². The van der Waals surface area contributed by atoms with Crippen molar-refractivity contribution in [2.75, 3.05) is 26.2 Å². The van der Waals surface area contributed by atoms with Gasteiger partial charge in [-0.05, 0) is 41.7 Å². The second kappa shape index (κ2) is 8.86. The highest BCUT2D eigenvalue weighted by atomic mass is 16.3. The molecule has 3 rings (SSSR count). The smallest absolute Gasteiger partial charge is 0.222 e. The number of carbonyl (C=O) groups is 1. The Morgan fingerprint density at radius 2 is 1.65 bits per heavy atom. The second-order valence-electron chi connectivity index (χ2n) is 7.00. The van der Waals surface area contributed by atoms with Crippen LogP contribution in [0.25, 0.3) is 0 Å². The molecule has 1 N–H and O–H groups in total. The Bertz CT molecular complexity index is 719. The summed E-state index contributed by atoms with van der Waals surface area (Å²) in [5, 5.41) is 9.51. The number of benzene rings is 2. The molecule has 138 valence electrons. The van der Waals surface area contributed by atoms with E-state index in [1.54, 1.807) is 12.1 Å². The van der Waals surface area contributed by atoms with Gasteiger partial charge in [0.25, 0.3) is 0 Å². The first kappa shape index (κ1) is 18.5. The maximum absolute atomic E-state index is 12.4. The SMILES string of the molecule is CCc1ccc(CN2CCN(C(=O)CCc3cccc(O)c3)CC2)cc1. The van der Waals surface area contributed by atoms with Crippen LogP contribution >= 0.6 is 0 Å². The molecule has 0 bridgehead atoms. The van der Waals surface area contributed by atoms with Gasteiger partial charge in [0.05, 0.1) is 0 Å². The fraction of sp³-hybridized carbons (Fsp3) is 0.409. The van der Waals surface area contributed by atoms with Gasteiger partial charge in [-0.15, -0.1) is 0 Å². The third-order valence-corrected chi connectivity index (χ3v) is 5.10. The Kier molecular flexibility index (Phi) is 6.29. The molecule has 4 nitrogen and oxygen atoms in total. The minimum Gasteiger partial charge on any atom is -0.508 e. The lowest BCUT2D eigenvalue weighted by atomic mass is 10.1. The first-order valence-electron chi connectivity index (χ1n) is 9.50. The van der Waals surface area contributed by atoms with Crippen molar-refractivity contribution in [2.24, 2.45) is 0 Å². The molecule has 0 aromatic heterocycles. The van der Waals surface area contributed by atoms with Crippen LogP contribution in [0.1, 0.15) is 30.0 Å². The second-order valence-corrected chi connectivity index (χ2v) is 7.00. The number of rotatable bonds is 6.